The predicted molar refractivity (Wildman–Crippen MR) is 97.4 cm³/mol. The minimum absolute atomic E-state index is 0.467. The van der Waals surface area contributed by atoms with Crippen LogP contribution in [-0.4, -0.2) is 44.1 Å². The summed E-state index contributed by atoms with van der Waals surface area (Å²) in [4.78, 5) is 11.6. The van der Waals surface area contributed by atoms with Crippen molar-refractivity contribution in [3.05, 3.63) is 48.7 Å². The second kappa shape index (κ2) is 6.23. The lowest BCUT2D eigenvalue weighted by molar-refractivity contribution is 0.197. The van der Waals surface area contributed by atoms with Gasteiger partial charge in [0.1, 0.15) is 0 Å². The van der Waals surface area contributed by atoms with Crippen LogP contribution in [0.1, 0.15) is 37.4 Å². The van der Waals surface area contributed by atoms with Gasteiger partial charge in [-0.25, -0.2) is 9.50 Å². The van der Waals surface area contributed by atoms with Gasteiger partial charge in [-0.3, -0.25) is 4.98 Å². The minimum Gasteiger partial charge on any atom is -0.302 e. The van der Waals surface area contributed by atoms with E-state index in [1.807, 2.05) is 16.8 Å². The van der Waals surface area contributed by atoms with E-state index in [2.05, 4.69) is 34.3 Å². The smallest absolute Gasteiger partial charge is 0.156 e. The van der Waals surface area contributed by atoms with E-state index in [0.717, 1.165) is 35.1 Å². The summed E-state index contributed by atoms with van der Waals surface area (Å²) in [7, 11) is 0. The van der Waals surface area contributed by atoms with Gasteiger partial charge in [0.15, 0.2) is 11.5 Å². The second-order valence-corrected chi connectivity index (χ2v) is 7.47. The SMILES string of the molecule is c1cncc(-c2ccc3nc([C@@H]4CCCN(CC5CC5)C4)nn3c2)c1. The van der Waals surface area contributed by atoms with Gasteiger partial charge in [0.25, 0.3) is 0 Å². The molecule has 1 aliphatic heterocycles. The van der Waals surface area contributed by atoms with Crippen molar-refractivity contribution in [1.29, 1.82) is 0 Å². The van der Waals surface area contributed by atoms with E-state index in [4.69, 9.17) is 10.1 Å². The topological polar surface area (TPSA) is 46.3 Å². The summed E-state index contributed by atoms with van der Waals surface area (Å²) >= 11 is 0. The number of piperidine rings is 1. The van der Waals surface area contributed by atoms with Gasteiger partial charge < -0.3 is 4.90 Å². The van der Waals surface area contributed by atoms with Crippen molar-refractivity contribution in [1.82, 2.24) is 24.5 Å². The van der Waals surface area contributed by atoms with Crippen LogP contribution in [-0.2, 0) is 0 Å². The molecule has 5 heteroatoms. The molecule has 3 aromatic rings. The molecule has 1 saturated heterocycles. The van der Waals surface area contributed by atoms with Crippen LogP contribution in [0.2, 0.25) is 0 Å². The highest BCUT2D eigenvalue weighted by Crippen LogP contribution is 2.32. The lowest BCUT2D eigenvalue weighted by Crippen LogP contribution is -2.36. The van der Waals surface area contributed by atoms with Crippen LogP contribution >= 0.6 is 0 Å². The number of fused-ring (bicyclic) bond motifs is 1. The van der Waals surface area contributed by atoms with Crippen LogP contribution in [0.25, 0.3) is 16.8 Å². The first-order valence-corrected chi connectivity index (χ1v) is 9.34. The van der Waals surface area contributed by atoms with E-state index in [0.29, 0.717) is 5.92 Å². The van der Waals surface area contributed by atoms with E-state index in [1.165, 1.54) is 38.8 Å². The molecule has 1 atom stereocenters. The van der Waals surface area contributed by atoms with Crippen LogP contribution in [0, 0.1) is 5.92 Å². The summed E-state index contributed by atoms with van der Waals surface area (Å²) < 4.78 is 1.93. The maximum absolute atomic E-state index is 4.81. The molecule has 0 unspecified atom stereocenters. The first-order valence-electron chi connectivity index (χ1n) is 9.34. The van der Waals surface area contributed by atoms with E-state index in [9.17, 15) is 0 Å². The highest BCUT2D eigenvalue weighted by molar-refractivity contribution is 5.63. The molecule has 0 bridgehead atoms. The van der Waals surface area contributed by atoms with Crippen LogP contribution in [0.3, 0.4) is 0 Å². The van der Waals surface area contributed by atoms with Gasteiger partial charge >= 0.3 is 0 Å². The maximum atomic E-state index is 4.81. The summed E-state index contributed by atoms with van der Waals surface area (Å²) in [6, 6.07) is 8.19. The molecule has 0 N–H and O–H groups in total. The van der Waals surface area contributed by atoms with Gasteiger partial charge in [-0.05, 0) is 56.3 Å². The number of rotatable bonds is 4. The van der Waals surface area contributed by atoms with Crippen molar-refractivity contribution in [3.63, 3.8) is 0 Å². The largest absolute Gasteiger partial charge is 0.302 e. The molecular weight excluding hydrogens is 310 g/mol. The monoisotopic (exact) mass is 333 g/mol. The lowest BCUT2D eigenvalue weighted by atomic mass is 9.97. The van der Waals surface area contributed by atoms with Crippen LogP contribution in [0.4, 0.5) is 0 Å². The number of pyridine rings is 2. The molecule has 0 aromatic carbocycles. The molecule has 1 aliphatic carbocycles. The fraction of sp³-hybridized carbons (Fsp3) is 0.450. The van der Waals surface area contributed by atoms with E-state index in [-0.39, 0.29) is 0 Å². The number of nitrogens with zero attached hydrogens (tertiary/aromatic N) is 5. The van der Waals surface area contributed by atoms with Crippen molar-refractivity contribution < 1.29 is 0 Å². The number of hydrogen-bond donors (Lipinski definition) is 0. The van der Waals surface area contributed by atoms with Crippen LogP contribution in [0.15, 0.2) is 42.9 Å². The van der Waals surface area contributed by atoms with E-state index < -0.39 is 0 Å². The predicted octanol–water partition coefficient (Wildman–Crippen LogP) is 3.38. The van der Waals surface area contributed by atoms with Gasteiger partial charge in [0.05, 0.1) is 0 Å². The Kier molecular flexibility index (Phi) is 3.74. The van der Waals surface area contributed by atoms with Crippen molar-refractivity contribution in [2.45, 2.75) is 31.6 Å². The van der Waals surface area contributed by atoms with Gasteiger partial charge in [0.2, 0.25) is 0 Å². The van der Waals surface area contributed by atoms with Crippen LogP contribution in [0.5, 0.6) is 0 Å². The molecule has 0 radical (unpaired) electrons. The Morgan fingerprint density at radius 3 is 2.88 bits per heavy atom. The standard InChI is InChI=1S/C20H23N5/c1-3-16(11-21-9-1)17-7-8-19-22-20(23-25(19)14-17)18-4-2-10-24(13-18)12-15-5-6-15/h1,3,7-9,11,14-15,18H,2,4-6,10,12-13H2/t18-/m1/s1. The summed E-state index contributed by atoms with van der Waals surface area (Å²) in [6.07, 6.45) is 11.0. The molecule has 1 saturated carbocycles. The summed E-state index contributed by atoms with van der Waals surface area (Å²) in [5.41, 5.74) is 3.16. The molecule has 3 aromatic heterocycles. The molecule has 4 heterocycles. The zero-order chi connectivity index (χ0) is 16.6. The molecular formula is C20H23N5. The highest BCUT2D eigenvalue weighted by Gasteiger charge is 2.29. The zero-order valence-corrected chi connectivity index (χ0v) is 14.4. The third-order valence-electron chi connectivity index (χ3n) is 5.43. The minimum atomic E-state index is 0.467. The molecule has 0 amide bonds. The average molecular weight is 333 g/mol. The van der Waals surface area contributed by atoms with Gasteiger partial charge in [-0.15, -0.1) is 0 Å². The second-order valence-electron chi connectivity index (χ2n) is 7.47. The summed E-state index contributed by atoms with van der Waals surface area (Å²) in [6.45, 7) is 3.63. The van der Waals surface area contributed by atoms with Crippen molar-refractivity contribution >= 4 is 5.65 Å². The first-order chi connectivity index (χ1) is 12.3. The summed E-state index contributed by atoms with van der Waals surface area (Å²) in [5.74, 6) is 2.42. The molecule has 5 rings (SSSR count). The van der Waals surface area contributed by atoms with Crippen molar-refractivity contribution in [2.75, 3.05) is 19.6 Å². The van der Waals surface area contributed by atoms with Crippen molar-refractivity contribution in [3.8, 4) is 11.1 Å². The van der Waals surface area contributed by atoms with Gasteiger partial charge in [0, 0.05) is 48.7 Å². The normalized spacial score (nSPS) is 21.7. The third kappa shape index (κ3) is 3.16. The maximum Gasteiger partial charge on any atom is 0.156 e. The zero-order valence-electron chi connectivity index (χ0n) is 14.4. The summed E-state index contributed by atoms with van der Waals surface area (Å²) in [5, 5.41) is 4.81. The van der Waals surface area contributed by atoms with E-state index >= 15 is 0 Å². The molecule has 128 valence electrons. The molecule has 5 nitrogen and oxygen atoms in total. The Bertz CT molecular complexity index is 868. The molecule has 2 fully saturated rings. The Labute approximate surface area is 147 Å². The quantitative estimate of drug-likeness (QED) is 0.734. The number of aromatic nitrogens is 4. The Balaban J connectivity index is 1.40. The van der Waals surface area contributed by atoms with E-state index in [1.54, 1.807) is 6.20 Å². The first kappa shape index (κ1) is 15.0. The fourth-order valence-electron chi connectivity index (χ4n) is 3.88. The van der Waals surface area contributed by atoms with Gasteiger partial charge in [-0.1, -0.05) is 6.07 Å². The van der Waals surface area contributed by atoms with Crippen LogP contribution < -0.4 is 0 Å². The molecule has 25 heavy (non-hydrogen) atoms. The Morgan fingerprint density at radius 2 is 2.04 bits per heavy atom. The fourth-order valence-corrected chi connectivity index (χ4v) is 3.88. The molecule has 0 spiro atoms. The van der Waals surface area contributed by atoms with Crippen molar-refractivity contribution in [2.24, 2.45) is 5.92 Å². The lowest BCUT2D eigenvalue weighted by Gasteiger charge is -2.31. The number of hydrogen-bond acceptors (Lipinski definition) is 4. The highest BCUT2D eigenvalue weighted by atomic mass is 15.3. The molecule has 2 aliphatic rings. The Morgan fingerprint density at radius 1 is 1.08 bits per heavy atom. The van der Waals surface area contributed by atoms with Gasteiger partial charge in [-0.2, -0.15) is 5.10 Å². The average Bonchev–Trinajstić information content (AvgIpc) is 3.37. The Hall–Kier alpha value is -2.27. The number of likely N-dealkylation sites (tertiary alicyclic amines) is 1. The third-order valence-corrected chi connectivity index (χ3v) is 5.43.